The first kappa shape index (κ1) is 12.6. The van der Waals surface area contributed by atoms with Gasteiger partial charge in [-0.1, -0.05) is 11.8 Å². The van der Waals surface area contributed by atoms with Crippen molar-refractivity contribution in [2.45, 2.75) is 12.8 Å². The van der Waals surface area contributed by atoms with Gasteiger partial charge in [0.1, 0.15) is 5.82 Å². The Morgan fingerprint density at radius 2 is 2.28 bits per heavy atom. The third-order valence-corrected chi connectivity index (χ3v) is 2.80. The maximum absolute atomic E-state index is 13.6. The number of benzene rings is 1. The molecular weight excluding hydrogens is 231 g/mol. The van der Waals surface area contributed by atoms with E-state index in [1.165, 1.54) is 25.0 Å². The fourth-order valence-corrected chi connectivity index (χ4v) is 1.57. The van der Waals surface area contributed by atoms with Crippen molar-refractivity contribution in [3.05, 3.63) is 35.1 Å². The van der Waals surface area contributed by atoms with Gasteiger partial charge in [0.25, 0.3) is 5.91 Å². The van der Waals surface area contributed by atoms with Gasteiger partial charge < -0.3 is 11.1 Å². The van der Waals surface area contributed by atoms with E-state index >= 15 is 0 Å². The van der Waals surface area contributed by atoms with Crippen LogP contribution in [0.1, 0.15) is 28.8 Å². The maximum Gasteiger partial charge on any atom is 0.251 e. The third-order valence-electron chi connectivity index (χ3n) is 2.80. The quantitative estimate of drug-likeness (QED) is 0.789. The molecule has 3 nitrogen and oxygen atoms in total. The first-order chi connectivity index (χ1) is 8.70. The van der Waals surface area contributed by atoms with Gasteiger partial charge in [0.05, 0.1) is 12.1 Å². The van der Waals surface area contributed by atoms with E-state index in [9.17, 15) is 9.18 Å². The molecule has 2 rings (SSSR count). The molecular formula is C14H15FN2O. The van der Waals surface area contributed by atoms with Gasteiger partial charge in [-0.15, -0.1) is 0 Å². The Hall–Kier alpha value is -1.86. The van der Waals surface area contributed by atoms with Crippen molar-refractivity contribution < 1.29 is 9.18 Å². The molecule has 1 saturated carbocycles. The van der Waals surface area contributed by atoms with Gasteiger partial charge in [-0.2, -0.15) is 0 Å². The first-order valence-corrected chi connectivity index (χ1v) is 5.97. The second kappa shape index (κ2) is 5.65. The van der Waals surface area contributed by atoms with Crippen LogP contribution in [0.3, 0.4) is 0 Å². The van der Waals surface area contributed by atoms with Crippen molar-refractivity contribution >= 4 is 5.91 Å². The Bertz CT molecular complexity index is 512. The van der Waals surface area contributed by atoms with Gasteiger partial charge in [0.2, 0.25) is 0 Å². The topological polar surface area (TPSA) is 55.1 Å². The molecule has 1 amide bonds. The Kier molecular flexibility index (Phi) is 3.96. The summed E-state index contributed by atoms with van der Waals surface area (Å²) in [5, 5.41) is 2.79. The minimum absolute atomic E-state index is 0.184. The van der Waals surface area contributed by atoms with Crippen LogP contribution in [-0.4, -0.2) is 19.0 Å². The first-order valence-electron chi connectivity index (χ1n) is 5.97. The number of hydrogen-bond acceptors (Lipinski definition) is 2. The second-order valence-corrected chi connectivity index (χ2v) is 4.35. The Labute approximate surface area is 106 Å². The molecule has 94 valence electrons. The standard InChI is InChI=1S/C14H15FN2O/c15-13-8-12(6-5-11(13)2-1-7-16)14(18)17-9-10-3-4-10/h5-6,8,10H,3-4,7,9,16H2,(H,17,18). The largest absolute Gasteiger partial charge is 0.352 e. The van der Waals surface area contributed by atoms with Crippen molar-refractivity contribution in [1.29, 1.82) is 0 Å². The molecule has 0 spiro atoms. The van der Waals surface area contributed by atoms with Gasteiger partial charge in [0, 0.05) is 12.1 Å². The van der Waals surface area contributed by atoms with E-state index < -0.39 is 5.82 Å². The van der Waals surface area contributed by atoms with Crippen LogP contribution >= 0.6 is 0 Å². The molecule has 0 bridgehead atoms. The highest BCUT2D eigenvalue weighted by Crippen LogP contribution is 2.27. The molecule has 0 aromatic heterocycles. The van der Waals surface area contributed by atoms with Crippen LogP contribution < -0.4 is 11.1 Å². The molecule has 3 N–H and O–H groups in total. The smallest absolute Gasteiger partial charge is 0.251 e. The number of nitrogens with one attached hydrogen (secondary N) is 1. The molecule has 1 aromatic rings. The SMILES string of the molecule is NCC#Cc1ccc(C(=O)NCC2CC2)cc1F. The molecule has 0 aliphatic heterocycles. The molecule has 1 aliphatic carbocycles. The normalized spacial score (nSPS) is 13.7. The Balaban J connectivity index is 2.04. The van der Waals surface area contributed by atoms with Crippen molar-refractivity contribution in [2.75, 3.05) is 13.1 Å². The lowest BCUT2D eigenvalue weighted by atomic mass is 10.1. The summed E-state index contributed by atoms with van der Waals surface area (Å²) in [7, 11) is 0. The summed E-state index contributed by atoms with van der Waals surface area (Å²) in [6, 6.07) is 4.29. The molecule has 1 fully saturated rings. The van der Waals surface area contributed by atoms with E-state index in [1.807, 2.05) is 0 Å². The number of carbonyl (C=O) groups excluding carboxylic acids is 1. The van der Waals surface area contributed by atoms with Gasteiger partial charge in [-0.3, -0.25) is 4.79 Å². The van der Waals surface area contributed by atoms with Crippen LogP contribution in [0.5, 0.6) is 0 Å². The molecule has 18 heavy (non-hydrogen) atoms. The van der Waals surface area contributed by atoms with Crippen molar-refractivity contribution in [1.82, 2.24) is 5.32 Å². The van der Waals surface area contributed by atoms with Crippen LogP contribution in [-0.2, 0) is 0 Å². The monoisotopic (exact) mass is 246 g/mol. The van der Waals surface area contributed by atoms with Crippen molar-refractivity contribution in [3.63, 3.8) is 0 Å². The molecule has 1 aromatic carbocycles. The van der Waals surface area contributed by atoms with Crippen LogP contribution in [0.15, 0.2) is 18.2 Å². The number of nitrogens with two attached hydrogens (primary N) is 1. The van der Waals surface area contributed by atoms with Crippen LogP contribution in [0.25, 0.3) is 0 Å². The summed E-state index contributed by atoms with van der Waals surface area (Å²) in [5.41, 5.74) is 5.81. The predicted octanol–water partition coefficient (Wildman–Crippen LogP) is 1.28. The molecule has 0 radical (unpaired) electrons. The highest BCUT2D eigenvalue weighted by atomic mass is 19.1. The third kappa shape index (κ3) is 3.31. The number of carbonyl (C=O) groups is 1. The van der Waals surface area contributed by atoms with Gasteiger partial charge in [-0.25, -0.2) is 4.39 Å². The van der Waals surface area contributed by atoms with E-state index in [-0.39, 0.29) is 18.0 Å². The summed E-state index contributed by atoms with van der Waals surface area (Å²) >= 11 is 0. The van der Waals surface area contributed by atoms with E-state index in [1.54, 1.807) is 6.07 Å². The summed E-state index contributed by atoms with van der Waals surface area (Å²) in [5.74, 6) is 5.07. The van der Waals surface area contributed by atoms with E-state index in [0.717, 1.165) is 0 Å². The van der Waals surface area contributed by atoms with Crippen molar-refractivity contribution in [3.8, 4) is 11.8 Å². The lowest BCUT2D eigenvalue weighted by Gasteiger charge is -2.04. The second-order valence-electron chi connectivity index (χ2n) is 4.35. The van der Waals surface area contributed by atoms with Gasteiger partial charge >= 0.3 is 0 Å². The molecule has 1 aliphatic rings. The Morgan fingerprint density at radius 1 is 1.50 bits per heavy atom. The highest BCUT2D eigenvalue weighted by molar-refractivity contribution is 5.94. The molecule has 0 unspecified atom stereocenters. The summed E-state index contributed by atoms with van der Waals surface area (Å²) < 4.78 is 13.6. The van der Waals surface area contributed by atoms with Gasteiger partial charge in [0.15, 0.2) is 0 Å². The highest BCUT2D eigenvalue weighted by Gasteiger charge is 2.21. The number of hydrogen-bond donors (Lipinski definition) is 2. The number of amides is 1. The molecule has 0 heterocycles. The summed E-state index contributed by atoms with van der Waals surface area (Å²) in [6.07, 6.45) is 2.34. The van der Waals surface area contributed by atoms with Crippen LogP contribution in [0, 0.1) is 23.6 Å². The van der Waals surface area contributed by atoms with Crippen LogP contribution in [0.4, 0.5) is 4.39 Å². The fraction of sp³-hybridized carbons (Fsp3) is 0.357. The van der Waals surface area contributed by atoms with Crippen molar-refractivity contribution in [2.24, 2.45) is 11.7 Å². The average Bonchev–Trinajstić information content (AvgIpc) is 3.18. The lowest BCUT2D eigenvalue weighted by Crippen LogP contribution is -2.25. The molecule has 0 saturated heterocycles. The summed E-state index contributed by atoms with van der Waals surface area (Å²) in [6.45, 7) is 0.859. The average molecular weight is 246 g/mol. The maximum atomic E-state index is 13.6. The van der Waals surface area contributed by atoms with Gasteiger partial charge in [-0.05, 0) is 37.0 Å². The van der Waals surface area contributed by atoms with E-state index in [4.69, 9.17) is 5.73 Å². The Morgan fingerprint density at radius 3 is 2.89 bits per heavy atom. The summed E-state index contributed by atoms with van der Waals surface area (Å²) in [4.78, 5) is 11.7. The number of rotatable bonds is 3. The zero-order chi connectivity index (χ0) is 13.0. The zero-order valence-electron chi connectivity index (χ0n) is 10.0. The minimum atomic E-state index is -0.491. The van der Waals surface area contributed by atoms with E-state index in [2.05, 4.69) is 17.2 Å². The predicted molar refractivity (Wildman–Crippen MR) is 67.4 cm³/mol. The minimum Gasteiger partial charge on any atom is -0.352 e. The van der Waals surface area contributed by atoms with E-state index in [0.29, 0.717) is 18.0 Å². The zero-order valence-corrected chi connectivity index (χ0v) is 10.0. The molecule has 0 atom stereocenters. The molecule has 4 heteroatoms. The van der Waals surface area contributed by atoms with Crippen LogP contribution in [0.2, 0.25) is 0 Å². The lowest BCUT2D eigenvalue weighted by molar-refractivity contribution is 0.0951. The number of halogens is 1. The fourth-order valence-electron chi connectivity index (χ4n) is 1.57.